The van der Waals surface area contributed by atoms with E-state index in [1.165, 1.54) is 0 Å². The second-order valence-corrected chi connectivity index (χ2v) is 13.6. The summed E-state index contributed by atoms with van der Waals surface area (Å²) < 4.78 is 32.4. The molecule has 18 heteroatoms. The smallest absolute Gasteiger partial charge is 0.488 e. The lowest BCUT2D eigenvalue weighted by Gasteiger charge is -2.10. The highest BCUT2D eigenvalue weighted by molar-refractivity contribution is 6.58. The lowest BCUT2D eigenvalue weighted by molar-refractivity contribution is 0.173. The fraction of sp³-hybridized carbons (Fsp3) is 0.238. The van der Waals surface area contributed by atoms with Crippen LogP contribution in [0, 0.1) is 0 Å². The van der Waals surface area contributed by atoms with E-state index in [0.717, 1.165) is 64.0 Å². The molecule has 0 unspecified atom stereocenters. The Morgan fingerprint density at radius 2 is 1.17 bits per heavy atom. The highest BCUT2D eigenvalue weighted by Crippen LogP contribution is 2.34. The molecule has 0 spiro atoms. The highest BCUT2D eigenvalue weighted by atomic mass is 35.5. The Kier molecular flexibility index (Phi) is 15.3. The lowest BCUT2D eigenvalue weighted by atomic mass is 9.80. The standard InChI is InChI=1S/C21H22N4O3.C12H11ClN4O2.C9H13BO3/c1-2-8-26-16-5-3-4-15(10-16)17-11-20(25-21(22)24-17)23-12-14-6-7-18-19(9-14)28-13-27-18;13-10-4-11(17-12(14)16-10)15-5-7-1-2-8-9(3-7)19-6-18-8;1-2-6-13-9-5-3-4-8(7-9)10(11)12/h3-7,9-11H,2,8,12-13H2,1H3,(H3,22,23,24,25);1-4H,5-6H2,(H3,14,15,16,17);3-5,7,11-12H,2,6H2,1H3. The summed E-state index contributed by atoms with van der Waals surface area (Å²) >= 11 is 5.80. The zero-order chi connectivity index (χ0) is 42.3. The SMILES string of the molecule is CCCOc1cccc(-c2cc(NCc3ccc4c(c3)OCO4)nc(N)n2)c1.CCCOc1cccc(B(O)O)c1.Nc1nc(Cl)cc(NCc2ccc3c(c2)OCO3)n1. The maximum atomic E-state index is 8.87. The van der Waals surface area contributed by atoms with Gasteiger partial charge in [-0.25, -0.2) is 9.97 Å². The first-order chi connectivity index (χ1) is 29.1. The fourth-order valence-corrected chi connectivity index (χ4v) is 5.86. The summed E-state index contributed by atoms with van der Waals surface area (Å²) in [4.78, 5) is 16.5. The van der Waals surface area contributed by atoms with Crippen LogP contribution in [0.5, 0.6) is 34.5 Å². The molecule has 0 radical (unpaired) electrons. The Labute approximate surface area is 352 Å². The Balaban J connectivity index is 0.000000163. The third kappa shape index (κ3) is 12.7. The van der Waals surface area contributed by atoms with Gasteiger partial charge in [0.1, 0.15) is 28.3 Å². The molecule has 60 heavy (non-hydrogen) atoms. The van der Waals surface area contributed by atoms with Crippen LogP contribution in [0.15, 0.2) is 97.1 Å². The van der Waals surface area contributed by atoms with Crippen LogP contribution in [0.3, 0.4) is 0 Å². The van der Waals surface area contributed by atoms with Gasteiger partial charge in [-0.15, -0.1) is 0 Å². The van der Waals surface area contributed by atoms with Crippen LogP contribution in [0.4, 0.5) is 23.5 Å². The van der Waals surface area contributed by atoms with Crippen molar-refractivity contribution in [1.29, 1.82) is 0 Å². The summed E-state index contributed by atoms with van der Waals surface area (Å²) in [6.45, 7) is 7.10. The number of ether oxygens (including phenoxy) is 6. The van der Waals surface area contributed by atoms with E-state index in [9.17, 15) is 0 Å². The molecule has 2 aliphatic heterocycles. The zero-order valence-corrected chi connectivity index (χ0v) is 33.9. The van der Waals surface area contributed by atoms with Gasteiger partial charge < -0.3 is 60.6 Å². The predicted octanol–water partition coefficient (Wildman–Crippen LogP) is 6.06. The molecule has 0 atom stereocenters. The molecule has 8 rings (SSSR count). The first-order valence-electron chi connectivity index (χ1n) is 19.2. The number of hydrogen-bond acceptors (Lipinski definition) is 16. The van der Waals surface area contributed by atoms with Crippen LogP contribution in [-0.2, 0) is 13.1 Å². The molecule has 8 N–H and O–H groups in total. The minimum Gasteiger partial charge on any atom is -0.494 e. The second-order valence-electron chi connectivity index (χ2n) is 13.2. The molecular weight excluding hydrogens is 791 g/mol. The molecule has 0 amide bonds. The Hall–Kier alpha value is -6.69. The molecule has 4 heterocycles. The first-order valence-corrected chi connectivity index (χ1v) is 19.5. The summed E-state index contributed by atoms with van der Waals surface area (Å²) in [6, 6.07) is 29.7. The summed E-state index contributed by atoms with van der Waals surface area (Å²) in [5.74, 6) is 6.10. The van der Waals surface area contributed by atoms with E-state index in [0.29, 0.717) is 54.3 Å². The number of halogens is 1. The van der Waals surface area contributed by atoms with Crippen LogP contribution in [-0.4, -0.2) is 63.9 Å². The van der Waals surface area contributed by atoms with Crippen molar-refractivity contribution in [2.45, 2.75) is 39.8 Å². The normalized spacial score (nSPS) is 11.7. The molecule has 0 aliphatic carbocycles. The Bertz CT molecular complexity index is 2320. The second kappa shape index (κ2) is 21.4. The Morgan fingerprint density at radius 3 is 1.73 bits per heavy atom. The van der Waals surface area contributed by atoms with Crippen LogP contribution in [0.1, 0.15) is 37.8 Å². The van der Waals surface area contributed by atoms with E-state index >= 15 is 0 Å². The van der Waals surface area contributed by atoms with E-state index in [4.69, 9.17) is 61.5 Å². The topological polar surface area (TPSA) is 224 Å². The number of hydrogen-bond donors (Lipinski definition) is 6. The van der Waals surface area contributed by atoms with E-state index in [2.05, 4.69) is 37.5 Å². The third-order valence-electron chi connectivity index (χ3n) is 8.51. The van der Waals surface area contributed by atoms with Crippen molar-refractivity contribution in [3.05, 3.63) is 113 Å². The van der Waals surface area contributed by atoms with Gasteiger partial charge in [0.2, 0.25) is 25.5 Å². The number of anilines is 4. The van der Waals surface area contributed by atoms with Gasteiger partial charge in [0.25, 0.3) is 0 Å². The minimum atomic E-state index is -1.43. The molecule has 4 aromatic carbocycles. The van der Waals surface area contributed by atoms with Gasteiger partial charge in [-0.2, -0.15) is 9.97 Å². The van der Waals surface area contributed by atoms with Gasteiger partial charge in [0.05, 0.1) is 18.9 Å². The summed E-state index contributed by atoms with van der Waals surface area (Å²) in [5.41, 5.74) is 15.7. The lowest BCUT2D eigenvalue weighted by Crippen LogP contribution is -2.29. The van der Waals surface area contributed by atoms with E-state index in [1.807, 2.05) is 73.7 Å². The molecule has 2 aliphatic rings. The molecule has 312 valence electrons. The van der Waals surface area contributed by atoms with Gasteiger partial charge in [-0.05, 0) is 78.0 Å². The summed E-state index contributed by atoms with van der Waals surface area (Å²) in [7, 11) is -1.43. The summed E-state index contributed by atoms with van der Waals surface area (Å²) in [6.07, 6.45) is 1.89. The maximum absolute atomic E-state index is 8.87. The molecule has 0 bridgehead atoms. The maximum Gasteiger partial charge on any atom is 0.488 e. The van der Waals surface area contributed by atoms with Gasteiger partial charge in [-0.1, -0.05) is 61.8 Å². The largest absolute Gasteiger partial charge is 0.494 e. The van der Waals surface area contributed by atoms with Crippen LogP contribution >= 0.6 is 11.6 Å². The van der Waals surface area contributed by atoms with Crippen molar-refractivity contribution >= 4 is 47.7 Å². The highest BCUT2D eigenvalue weighted by Gasteiger charge is 2.15. The molecule has 0 saturated carbocycles. The van der Waals surface area contributed by atoms with Gasteiger partial charge >= 0.3 is 7.12 Å². The van der Waals surface area contributed by atoms with Crippen molar-refractivity contribution in [3.63, 3.8) is 0 Å². The Morgan fingerprint density at radius 1 is 0.633 bits per heavy atom. The van der Waals surface area contributed by atoms with Crippen LogP contribution in [0.2, 0.25) is 5.15 Å². The van der Waals surface area contributed by atoms with Crippen molar-refractivity contribution in [1.82, 2.24) is 19.9 Å². The minimum absolute atomic E-state index is 0.140. The average Bonchev–Trinajstić information content (AvgIpc) is 3.93. The van der Waals surface area contributed by atoms with Crippen molar-refractivity contribution in [2.75, 3.05) is 48.9 Å². The van der Waals surface area contributed by atoms with E-state index in [1.54, 1.807) is 30.3 Å². The molecular formula is C42H46BClN8O8. The average molecular weight is 837 g/mol. The number of rotatable bonds is 14. The molecule has 2 aromatic heterocycles. The van der Waals surface area contributed by atoms with Crippen LogP contribution in [0.25, 0.3) is 11.3 Å². The number of nitrogen functional groups attached to an aromatic ring is 2. The summed E-state index contributed by atoms with van der Waals surface area (Å²) in [5, 5.41) is 24.5. The number of benzene rings is 4. The van der Waals surface area contributed by atoms with Gasteiger partial charge in [-0.3, -0.25) is 0 Å². The molecule has 6 aromatic rings. The molecule has 0 saturated heterocycles. The van der Waals surface area contributed by atoms with E-state index < -0.39 is 7.12 Å². The van der Waals surface area contributed by atoms with Gasteiger partial charge in [0.15, 0.2) is 23.0 Å². The number of nitrogens with two attached hydrogens (primary N) is 2. The van der Waals surface area contributed by atoms with Crippen molar-refractivity contribution in [3.8, 4) is 45.8 Å². The molecule has 16 nitrogen and oxygen atoms in total. The van der Waals surface area contributed by atoms with Crippen LogP contribution < -0.4 is 56.0 Å². The zero-order valence-electron chi connectivity index (χ0n) is 33.1. The molecule has 0 fully saturated rings. The monoisotopic (exact) mass is 836 g/mol. The first kappa shape index (κ1) is 42.9. The van der Waals surface area contributed by atoms with E-state index in [-0.39, 0.29) is 25.5 Å². The third-order valence-corrected chi connectivity index (χ3v) is 8.70. The van der Waals surface area contributed by atoms with Gasteiger partial charge in [0, 0.05) is 30.8 Å². The number of nitrogens with one attached hydrogen (secondary N) is 2. The van der Waals surface area contributed by atoms with Crippen molar-refractivity contribution < 1.29 is 38.5 Å². The quantitative estimate of drug-likeness (QED) is 0.0542. The number of aromatic nitrogens is 4. The fourth-order valence-electron chi connectivity index (χ4n) is 5.67. The number of nitrogens with zero attached hydrogens (tertiary/aromatic N) is 4. The predicted molar refractivity (Wildman–Crippen MR) is 231 cm³/mol. The van der Waals surface area contributed by atoms with Crippen molar-refractivity contribution in [2.24, 2.45) is 0 Å². The number of fused-ring (bicyclic) bond motifs is 2.